The molecule has 3 rings (SSSR count). The third-order valence-corrected chi connectivity index (χ3v) is 4.62. The summed E-state index contributed by atoms with van der Waals surface area (Å²) in [5.41, 5.74) is 0.427. The minimum Gasteiger partial charge on any atom is -0.346 e. The molecule has 1 aromatic heterocycles. The van der Waals surface area contributed by atoms with Gasteiger partial charge < -0.3 is 5.32 Å². The second kappa shape index (κ2) is 7.51. The van der Waals surface area contributed by atoms with Crippen molar-refractivity contribution in [3.05, 3.63) is 75.5 Å². The average Bonchev–Trinajstić information content (AvgIpc) is 3.01. The van der Waals surface area contributed by atoms with E-state index in [1.54, 1.807) is 13.0 Å². The number of carbonyl (C=O) groups is 1. The first kappa shape index (κ1) is 19.1. The molecule has 1 amide bonds. The molecule has 27 heavy (non-hydrogen) atoms. The van der Waals surface area contributed by atoms with Crippen LogP contribution >= 0.6 is 15.9 Å². The van der Waals surface area contributed by atoms with Crippen molar-refractivity contribution in [1.82, 2.24) is 20.3 Å². The Bertz CT molecular complexity index is 985. The van der Waals surface area contributed by atoms with Gasteiger partial charge in [0.25, 0.3) is 5.91 Å². The predicted molar refractivity (Wildman–Crippen MR) is 96.4 cm³/mol. The Balaban J connectivity index is 1.80. The van der Waals surface area contributed by atoms with Gasteiger partial charge in [-0.25, -0.2) is 4.68 Å². The topological polar surface area (TPSA) is 59.8 Å². The zero-order valence-corrected chi connectivity index (χ0v) is 15.7. The van der Waals surface area contributed by atoms with Crippen LogP contribution in [0.4, 0.5) is 13.2 Å². The Morgan fingerprint density at radius 2 is 1.81 bits per heavy atom. The lowest BCUT2D eigenvalue weighted by Gasteiger charge is -2.13. The monoisotopic (exact) mass is 438 g/mol. The number of hydrogen-bond acceptors (Lipinski definition) is 3. The molecule has 0 saturated carbocycles. The molecule has 1 N–H and O–H groups in total. The van der Waals surface area contributed by atoms with Gasteiger partial charge in [0.1, 0.15) is 0 Å². The van der Waals surface area contributed by atoms with Crippen molar-refractivity contribution in [2.75, 3.05) is 0 Å². The molecule has 0 aliphatic carbocycles. The van der Waals surface area contributed by atoms with E-state index in [0.717, 1.165) is 10.5 Å². The Labute approximate surface area is 161 Å². The van der Waals surface area contributed by atoms with Crippen LogP contribution in [0.1, 0.15) is 27.3 Å². The highest BCUT2D eigenvalue weighted by Gasteiger charge is 2.33. The highest BCUT2D eigenvalue weighted by Crippen LogP contribution is 2.31. The molecule has 0 saturated heterocycles. The summed E-state index contributed by atoms with van der Waals surface area (Å²) in [5.74, 6) is -0.595. The van der Waals surface area contributed by atoms with Gasteiger partial charge in [0, 0.05) is 11.0 Å². The molecule has 140 valence electrons. The van der Waals surface area contributed by atoms with E-state index in [1.165, 1.54) is 22.9 Å². The Morgan fingerprint density at radius 1 is 1.15 bits per heavy atom. The number of benzene rings is 2. The Morgan fingerprint density at radius 3 is 2.52 bits per heavy atom. The molecule has 0 unspecified atom stereocenters. The van der Waals surface area contributed by atoms with Crippen molar-refractivity contribution in [2.24, 2.45) is 0 Å². The number of amides is 1. The number of alkyl halides is 3. The van der Waals surface area contributed by atoms with Crippen molar-refractivity contribution >= 4 is 21.8 Å². The van der Waals surface area contributed by atoms with Crippen LogP contribution < -0.4 is 5.32 Å². The third kappa shape index (κ3) is 4.02. The maximum Gasteiger partial charge on any atom is 0.416 e. The van der Waals surface area contributed by atoms with E-state index in [0.29, 0.717) is 11.4 Å². The maximum absolute atomic E-state index is 13.0. The van der Waals surface area contributed by atoms with Gasteiger partial charge in [-0.3, -0.25) is 4.79 Å². The number of nitrogens with zero attached hydrogens (tertiary/aromatic N) is 3. The van der Waals surface area contributed by atoms with Gasteiger partial charge in [-0.15, -0.1) is 5.10 Å². The van der Waals surface area contributed by atoms with Crippen molar-refractivity contribution in [1.29, 1.82) is 0 Å². The van der Waals surface area contributed by atoms with Crippen molar-refractivity contribution < 1.29 is 18.0 Å². The first-order chi connectivity index (χ1) is 12.8. The van der Waals surface area contributed by atoms with Gasteiger partial charge in [-0.05, 0) is 46.6 Å². The van der Waals surface area contributed by atoms with Gasteiger partial charge in [0.2, 0.25) is 0 Å². The fourth-order valence-corrected chi connectivity index (χ4v) is 3.05. The van der Waals surface area contributed by atoms with Crippen LogP contribution in [0.5, 0.6) is 0 Å². The molecule has 0 bridgehead atoms. The quantitative estimate of drug-likeness (QED) is 0.660. The normalized spacial score (nSPS) is 11.4. The number of hydrogen-bond donors (Lipinski definition) is 1. The molecule has 3 aromatic rings. The minimum atomic E-state index is -4.49. The SMILES string of the molecule is Cc1c(C(=O)NCc2ccccc2C(F)(F)F)nnn1-c1ccccc1Br. The van der Waals surface area contributed by atoms with Crippen LogP contribution in [0.2, 0.25) is 0 Å². The van der Waals surface area contributed by atoms with E-state index in [4.69, 9.17) is 0 Å². The highest BCUT2D eigenvalue weighted by atomic mass is 79.9. The van der Waals surface area contributed by atoms with Crippen LogP contribution in [0.3, 0.4) is 0 Å². The second-order valence-electron chi connectivity index (χ2n) is 5.72. The average molecular weight is 439 g/mol. The van der Waals surface area contributed by atoms with E-state index in [2.05, 4.69) is 31.6 Å². The maximum atomic E-state index is 13.0. The predicted octanol–water partition coefficient (Wildman–Crippen LogP) is 4.29. The number of rotatable bonds is 4. The summed E-state index contributed by atoms with van der Waals surface area (Å²) in [6.45, 7) is 1.40. The summed E-state index contributed by atoms with van der Waals surface area (Å²) in [7, 11) is 0. The minimum absolute atomic E-state index is 0.0193. The Hall–Kier alpha value is -2.68. The molecule has 2 aromatic carbocycles. The smallest absolute Gasteiger partial charge is 0.346 e. The number of nitrogens with one attached hydrogen (secondary N) is 1. The molecular formula is C18H14BrF3N4O. The van der Waals surface area contributed by atoms with E-state index in [1.807, 2.05) is 18.2 Å². The van der Waals surface area contributed by atoms with Gasteiger partial charge in [-0.1, -0.05) is 35.5 Å². The third-order valence-electron chi connectivity index (χ3n) is 3.95. The molecule has 0 radical (unpaired) electrons. The molecule has 1 heterocycles. The molecule has 0 aliphatic rings. The summed E-state index contributed by atoms with van der Waals surface area (Å²) in [4.78, 5) is 12.4. The lowest BCUT2D eigenvalue weighted by Crippen LogP contribution is -2.25. The fraction of sp³-hybridized carbons (Fsp3) is 0.167. The van der Waals surface area contributed by atoms with Crippen LogP contribution in [-0.2, 0) is 12.7 Å². The molecule has 0 aliphatic heterocycles. The highest BCUT2D eigenvalue weighted by molar-refractivity contribution is 9.10. The number of carbonyl (C=O) groups excluding carboxylic acids is 1. The van der Waals surface area contributed by atoms with E-state index in [9.17, 15) is 18.0 Å². The number of halogens is 4. The molecular weight excluding hydrogens is 425 g/mol. The molecule has 9 heteroatoms. The Kier molecular flexibility index (Phi) is 5.31. The summed E-state index contributed by atoms with van der Waals surface area (Å²) in [6, 6.07) is 12.4. The molecule has 0 fully saturated rings. The van der Waals surface area contributed by atoms with Crippen LogP contribution in [0.15, 0.2) is 53.0 Å². The summed E-state index contributed by atoms with van der Waals surface area (Å²) < 4.78 is 41.4. The van der Waals surface area contributed by atoms with Crippen molar-refractivity contribution in [3.63, 3.8) is 0 Å². The first-order valence-corrected chi connectivity index (χ1v) is 8.69. The zero-order chi connectivity index (χ0) is 19.6. The van der Waals surface area contributed by atoms with E-state index < -0.39 is 17.6 Å². The lowest BCUT2D eigenvalue weighted by molar-refractivity contribution is -0.138. The number of para-hydroxylation sites is 1. The summed E-state index contributed by atoms with van der Waals surface area (Å²) in [6.07, 6.45) is -4.49. The van der Waals surface area contributed by atoms with Gasteiger partial charge in [0.05, 0.1) is 16.9 Å². The zero-order valence-electron chi connectivity index (χ0n) is 14.1. The largest absolute Gasteiger partial charge is 0.416 e. The van der Waals surface area contributed by atoms with Gasteiger partial charge >= 0.3 is 6.18 Å². The summed E-state index contributed by atoms with van der Waals surface area (Å²) in [5, 5.41) is 10.3. The van der Waals surface area contributed by atoms with Gasteiger partial charge in [0.15, 0.2) is 5.69 Å². The lowest BCUT2D eigenvalue weighted by atomic mass is 10.1. The van der Waals surface area contributed by atoms with E-state index in [-0.39, 0.29) is 17.8 Å². The van der Waals surface area contributed by atoms with Crippen LogP contribution in [0.25, 0.3) is 5.69 Å². The van der Waals surface area contributed by atoms with Crippen LogP contribution in [0, 0.1) is 6.92 Å². The standard InChI is InChI=1S/C18H14BrF3N4O/c1-11-16(24-25-26(11)15-9-5-4-8-14(15)19)17(27)23-10-12-6-2-3-7-13(12)18(20,21)22/h2-9H,10H2,1H3,(H,23,27). The molecule has 0 atom stereocenters. The van der Waals surface area contributed by atoms with Crippen molar-refractivity contribution in [3.8, 4) is 5.69 Å². The second-order valence-corrected chi connectivity index (χ2v) is 6.58. The summed E-state index contributed by atoms with van der Waals surface area (Å²) >= 11 is 3.41. The molecule has 0 spiro atoms. The fourth-order valence-electron chi connectivity index (χ4n) is 2.60. The molecule has 5 nitrogen and oxygen atoms in total. The van der Waals surface area contributed by atoms with E-state index >= 15 is 0 Å². The van der Waals surface area contributed by atoms with Gasteiger partial charge in [-0.2, -0.15) is 13.2 Å². The number of aromatic nitrogens is 3. The van der Waals surface area contributed by atoms with Crippen molar-refractivity contribution in [2.45, 2.75) is 19.6 Å². The first-order valence-electron chi connectivity index (χ1n) is 7.89. The van der Waals surface area contributed by atoms with Crippen LogP contribution in [-0.4, -0.2) is 20.9 Å².